The van der Waals surface area contributed by atoms with E-state index in [0.717, 1.165) is 15.8 Å². The molecule has 7 heteroatoms. The van der Waals surface area contributed by atoms with Gasteiger partial charge < -0.3 is 18.8 Å². The summed E-state index contributed by atoms with van der Waals surface area (Å²) < 4.78 is 19.0. The maximum absolute atomic E-state index is 12.7. The van der Waals surface area contributed by atoms with Crippen LogP contribution in [0.4, 0.5) is 0 Å². The predicted octanol–water partition coefficient (Wildman–Crippen LogP) is 3.42. The van der Waals surface area contributed by atoms with Gasteiger partial charge in [0.1, 0.15) is 0 Å². The minimum atomic E-state index is -0.268. The van der Waals surface area contributed by atoms with Gasteiger partial charge in [0.05, 0.1) is 31.0 Å². The number of fused-ring (bicyclic) bond motifs is 1. The Labute approximate surface area is 161 Å². The molecule has 0 fully saturated rings. The Bertz CT molecular complexity index is 1040. The zero-order valence-electron chi connectivity index (χ0n) is 15.8. The number of carbonyl (C=O) groups excluding carboxylic acids is 1. The zero-order chi connectivity index (χ0) is 19.4. The number of hydrogen-bond acceptors (Lipinski definition) is 5. The van der Waals surface area contributed by atoms with Crippen molar-refractivity contribution in [2.24, 2.45) is 4.99 Å². The largest absolute Gasteiger partial charge is 0.493 e. The number of rotatable bonds is 6. The van der Waals surface area contributed by atoms with E-state index in [1.165, 1.54) is 11.3 Å². The normalized spacial score (nSPS) is 11.8. The molecule has 0 aliphatic carbocycles. The number of methoxy groups -OCH3 is 3. The minimum absolute atomic E-state index is 0.268. The second-order valence-electron chi connectivity index (χ2n) is 5.99. The zero-order valence-corrected chi connectivity index (χ0v) is 16.6. The third-order valence-electron chi connectivity index (χ3n) is 4.17. The molecular formula is C20H22N2O4S. The summed E-state index contributed by atoms with van der Waals surface area (Å²) in [5.41, 5.74) is 2.51. The Morgan fingerprint density at radius 1 is 1.11 bits per heavy atom. The first-order valence-electron chi connectivity index (χ1n) is 8.47. The molecule has 3 rings (SSSR count). The molecule has 1 heterocycles. The van der Waals surface area contributed by atoms with Crippen molar-refractivity contribution in [2.75, 3.05) is 27.9 Å². The van der Waals surface area contributed by atoms with Gasteiger partial charge in [-0.25, -0.2) is 0 Å². The van der Waals surface area contributed by atoms with E-state index in [2.05, 4.69) is 4.99 Å². The van der Waals surface area contributed by atoms with Crippen molar-refractivity contribution in [2.45, 2.75) is 13.5 Å². The monoisotopic (exact) mass is 386 g/mol. The van der Waals surface area contributed by atoms with Crippen LogP contribution < -0.4 is 14.3 Å². The van der Waals surface area contributed by atoms with Crippen LogP contribution in [0.15, 0.2) is 41.4 Å². The number of nitrogens with zero attached hydrogens (tertiary/aromatic N) is 2. The topological polar surface area (TPSA) is 62.1 Å². The van der Waals surface area contributed by atoms with E-state index in [0.29, 0.717) is 35.0 Å². The van der Waals surface area contributed by atoms with Crippen LogP contribution in [0.2, 0.25) is 0 Å². The summed E-state index contributed by atoms with van der Waals surface area (Å²) in [5.74, 6) is 1.00. The molecule has 6 nitrogen and oxygen atoms in total. The summed E-state index contributed by atoms with van der Waals surface area (Å²) in [6.45, 7) is 3.03. The molecule has 1 aromatic heterocycles. The average molecular weight is 386 g/mol. The molecule has 0 unspecified atom stereocenters. The van der Waals surface area contributed by atoms with Gasteiger partial charge >= 0.3 is 0 Å². The molecular weight excluding hydrogens is 364 g/mol. The van der Waals surface area contributed by atoms with Crippen LogP contribution in [-0.4, -0.2) is 38.4 Å². The SMILES string of the molecule is COCCn1c(=NC(=O)c2cccc(C)c2)sc2cc(OC)c(OC)cc21. The quantitative estimate of drug-likeness (QED) is 0.651. The first kappa shape index (κ1) is 19.1. The van der Waals surface area contributed by atoms with Crippen molar-refractivity contribution in [3.05, 3.63) is 52.3 Å². The van der Waals surface area contributed by atoms with Crippen molar-refractivity contribution in [1.29, 1.82) is 0 Å². The van der Waals surface area contributed by atoms with Crippen LogP contribution in [0.5, 0.6) is 11.5 Å². The van der Waals surface area contributed by atoms with Crippen LogP contribution in [0.3, 0.4) is 0 Å². The van der Waals surface area contributed by atoms with Crippen molar-refractivity contribution < 1.29 is 19.0 Å². The van der Waals surface area contributed by atoms with Crippen LogP contribution in [0.1, 0.15) is 15.9 Å². The lowest BCUT2D eigenvalue weighted by Crippen LogP contribution is -2.19. The molecule has 0 spiro atoms. The summed E-state index contributed by atoms with van der Waals surface area (Å²) >= 11 is 1.43. The van der Waals surface area contributed by atoms with Gasteiger partial charge in [-0.15, -0.1) is 0 Å². The van der Waals surface area contributed by atoms with Crippen LogP contribution in [0, 0.1) is 6.92 Å². The van der Waals surface area contributed by atoms with Gasteiger partial charge in [-0.05, 0) is 19.1 Å². The highest BCUT2D eigenvalue weighted by Gasteiger charge is 2.14. The Kier molecular flexibility index (Phi) is 5.93. The van der Waals surface area contributed by atoms with E-state index < -0.39 is 0 Å². The maximum Gasteiger partial charge on any atom is 0.279 e. The molecule has 2 aromatic carbocycles. The standard InChI is InChI=1S/C20H22N2O4S/c1-13-6-5-7-14(10-13)19(23)21-20-22(8-9-24-2)15-11-16(25-3)17(26-4)12-18(15)27-20/h5-7,10-12H,8-9H2,1-4H3. The highest BCUT2D eigenvalue weighted by Crippen LogP contribution is 2.33. The molecule has 0 radical (unpaired) electrons. The first-order chi connectivity index (χ1) is 13.1. The molecule has 0 saturated carbocycles. The molecule has 27 heavy (non-hydrogen) atoms. The summed E-state index contributed by atoms with van der Waals surface area (Å²) in [4.78, 5) is 17.7. The van der Waals surface area contributed by atoms with Crippen molar-refractivity contribution in [3.8, 4) is 11.5 Å². The fraction of sp³-hybridized carbons (Fsp3) is 0.300. The fourth-order valence-corrected chi connectivity index (χ4v) is 3.87. The lowest BCUT2D eigenvalue weighted by molar-refractivity contribution is 0.0997. The van der Waals surface area contributed by atoms with Crippen LogP contribution in [0.25, 0.3) is 10.2 Å². The molecule has 0 aliphatic rings. The molecule has 0 N–H and O–H groups in total. The number of benzene rings is 2. The number of carbonyl (C=O) groups is 1. The van der Waals surface area contributed by atoms with E-state index in [4.69, 9.17) is 14.2 Å². The number of aryl methyl sites for hydroxylation is 1. The van der Waals surface area contributed by atoms with E-state index in [1.807, 2.05) is 41.8 Å². The Morgan fingerprint density at radius 3 is 2.52 bits per heavy atom. The summed E-state index contributed by atoms with van der Waals surface area (Å²) in [5, 5.41) is 0. The van der Waals surface area contributed by atoms with Gasteiger partial charge in [0.15, 0.2) is 16.3 Å². The number of amides is 1. The number of thiazole rings is 1. The number of hydrogen-bond donors (Lipinski definition) is 0. The highest BCUT2D eigenvalue weighted by atomic mass is 32.1. The van der Waals surface area contributed by atoms with Crippen molar-refractivity contribution in [3.63, 3.8) is 0 Å². The molecule has 0 saturated heterocycles. The summed E-state index contributed by atoms with van der Waals surface area (Å²) in [6, 6.07) is 11.2. The highest BCUT2D eigenvalue weighted by molar-refractivity contribution is 7.16. The van der Waals surface area contributed by atoms with Crippen molar-refractivity contribution in [1.82, 2.24) is 4.57 Å². The van der Waals surface area contributed by atoms with Gasteiger partial charge in [0.25, 0.3) is 5.91 Å². The Hall–Kier alpha value is -2.64. The third-order valence-corrected chi connectivity index (χ3v) is 5.21. The van der Waals surface area contributed by atoms with Gasteiger partial charge in [-0.3, -0.25) is 4.79 Å². The van der Waals surface area contributed by atoms with Gasteiger partial charge in [0, 0.05) is 31.4 Å². The molecule has 3 aromatic rings. The van der Waals surface area contributed by atoms with Crippen LogP contribution in [-0.2, 0) is 11.3 Å². The molecule has 0 aliphatic heterocycles. The van der Waals surface area contributed by atoms with E-state index in [1.54, 1.807) is 27.4 Å². The molecule has 1 amide bonds. The van der Waals surface area contributed by atoms with Gasteiger partial charge in [-0.2, -0.15) is 4.99 Å². The summed E-state index contributed by atoms with van der Waals surface area (Å²) in [6.07, 6.45) is 0. The third kappa shape index (κ3) is 4.04. The summed E-state index contributed by atoms with van der Waals surface area (Å²) in [7, 11) is 4.85. The predicted molar refractivity (Wildman–Crippen MR) is 106 cm³/mol. The van der Waals surface area contributed by atoms with E-state index in [9.17, 15) is 4.79 Å². The van der Waals surface area contributed by atoms with Crippen molar-refractivity contribution >= 4 is 27.5 Å². The average Bonchev–Trinajstić information content (AvgIpc) is 3.00. The lowest BCUT2D eigenvalue weighted by atomic mass is 10.1. The second kappa shape index (κ2) is 8.37. The maximum atomic E-state index is 12.7. The van der Waals surface area contributed by atoms with Gasteiger partial charge in [-0.1, -0.05) is 29.0 Å². The lowest BCUT2D eigenvalue weighted by Gasteiger charge is -2.09. The van der Waals surface area contributed by atoms with E-state index in [-0.39, 0.29) is 5.91 Å². The smallest absolute Gasteiger partial charge is 0.279 e. The molecule has 0 atom stereocenters. The van der Waals surface area contributed by atoms with E-state index >= 15 is 0 Å². The molecule has 142 valence electrons. The fourth-order valence-electron chi connectivity index (χ4n) is 2.81. The number of aromatic nitrogens is 1. The molecule has 0 bridgehead atoms. The van der Waals surface area contributed by atoms with Crippen LogP contribution >= 0.6 is 11.3 Å². The minimum Gasteiger partial charge on any atom is -0.493 e. The number of ether oxygens (including phenoxy) is 3. The Balaban J connectivity index is 2.16. The van der Waals surface area contributed by atoms with Gasteiger partial charge in [0.2, 0.25) is 0 Å². The second-order valence-corrected chi connectivity index (χ2v) is 7.00. The first-order valence-corrected chi connectivity index (χ1v) is 9.29. The Morgan fingerprint density at radius 2 is 1.85 bits per heavy atom.